The zero-order valence-corrected chi connectivity index (χ0v) is 7.06. The van der Waals surface area contributed by atoms with Crippen molar-refractivity contribution in [2.45, 2.75) is 18.1 Å². The van der Waals surface area contributed by atoms with Gasteiger partial charge in [0.2, 0.25) is 0 Å². The van der Waals surface area contributed by atoms with E-state index >= 15 is 0 Å². The Morgan fingerprint density at radius 1 is 1.62 bits per heavy atom. The molecule has 1 aliphatic heterocycles. The first kappa shape index (κ1) is 10.4. The minimum atomic E-state index is -0.975. The van der Waals surface area contributed by atoms with Gasteiger partial charge in [0.15, 0.2) is 0 Å². The Morgan fingerprint density at radius 3 is 2.69 bits per heavy atom. The number of nitrogens with one attached hydrogen (secondary N) is 1. The van der Waals surface area contributed by atoms with Gasteiger partial charge in [-0.05, 0) is 0 Å². The summed E-state index contributed by atoms with van der Waals surface area (Å²) >= 11 is 0. The molecule has 0 aromatic rings. The van der Waals surface area contributed by atoms with Crippen LogP contribution in [0.5, 0.6) is 0 Å². The normalized spacial score (nSPS) is 33.5. The highest BCUT2D eigenvalue weighted by Crippen LogP contribution is 2.23. The highest BCUT2D eigenvalue weighted by atomic mass is 16.6. The molecule has 0 saturated carbocycles. The molecule has 1 saturated heterocycles. The third-order valence-electron chi connectivity index (χ3n) is 2.20. The molecule has 6 nitrogen and oxygen atoms in total. The lowest BCUT2D eigenvalue weighted by Crippen LogP contribution is -2.39. The van der Waals surface area contributed by atoms with Crippen LogP contribution in [0.3, 0.4) is 0 Å². The van der Waals surface area contributed by atoms with Crippen LogP contribution in [-0.2, 0) is 9.53 Å². The number of carboxylic acid groups (broad SMARTS) is 1. The van der Waals surface area contributed by atoms with Gasteiger partial charge < -0.3 is 25.4 Å². The molecule has 4 N–H and O–H groups in total. The Labute approximate surface area is 75.1 Å². The molecule has 0 bridgehead atoms. The number of carbonyl (C=O) groups is 1. The van der Waals surface area contributed by atoms with Crippen molar-refractivity contribution < 1.29 is 24.9 Å². The topological polar surface area (TPSA) is 99.0 Å². The quantitative estimate of drug-likeness (QED) is 0.388. The van der Waals surface area contributed by atoms with E-state index in [1.54, 1.807) is 0 Å². The van der Waals surface area contributed by atoms with Crippen molar-refractivity contribution in [3.8, 4) is 0 Å². The van der Waals surface area contributed by atoms with Crippen LogP contribution in [0.25, 0.3) is 0 Å². The summed E-state index contributed by atoms with van der Waals surface area (Å²) in [5.74, 6) is -0.975. The van der Waals surface area contributed by atoms with Gasteiger partial charge >= 0.3 is 5.97 Å². The Bertz CT molecular complexity index is 197. The van der Waals surface area contributed by atoms with Crippen LogP contribution in [0.1, 0.15) is 6.42 Å². The Hall–Kier alpha value is -0.690. The number of hydrogen-bond donors (Lipinski definition) is 4. The first-order valence-electron chi connectivity index (χ1n) is 3.95. The third kappa shape index (κ3) is 2.16. The number of rotatable bonds is 4. The second-order valence-electron chi connectivity index (χ2n) is 3.09. The van der Waals surface area contributed by atoms with E-state index in [0.29, 0.717) is 0 Å². The van der Waals surface area contributed by atoms with Gasteiger partial charge in [-0.2, -0.15) is 0 Å². The van der Waals surface area contributed by atoms with E-state index in [-0.39, 0.29) is 19.6 Å². The fourth-order valence-electron chi connectivity index (χ4n) is 1.41. The monoisotopic (exact) mass is 191 g/mol. The molecular weight excluding hydrogens is 178 g/mol. The lowest BCUT2D eigenvalue weighted by molar-refractivity contribution is -0.143. The van der Waals surface area contributed by atoms with Gasteiger partial charge in [0.05, 0.1) is 6.61 Å². The minimum Gasteiger partial charge on any atom is -0.480 e. The van der Waals surface area contributed by atoms with Gasteiger partial charge in [-0.3, -0.25) is 4.79 Å². The summed E-state index contributed by atoms with van der Waals surface area (Å²) < 4.78 is 4.90. The maximum absolute atomic E-state index is 10.5. The third-order valence-corrected chi connectivity index (χ3v) is 2.20. The molecule has 0 spiro atoms. The molecule has 1 aliphatic rings. The van der Waals surface area contributed by atoms with Gasteiger partial charge in [-0.1, -0.05) is 0 Å². The van der Waals surface area contributed by atoms with Crippen LogP contribution >= 0.6 is 0 Å². The zero-order valence-electron chi connectivity index (χ0n) is 7.06. The molecule has 1 rings (SSSR count). The van der Waals surface area contributed by atoms with E-state index in [4.69, 9.17) is 20.1 Å². The number of aliphatic hydroxyl groups is 2. The van der Waals surface area contributed by atoms with Crippen molar-refractivity contribution in [3.05, 3.63) is 0 Å². The van der Waals surface area contributed by atoms with E-state index in [1.165, 1.54) is 0 Å². The number of carboxylic acids is 1. The van der Waals surface area contributed by atoms with Crippen molar-refractivity contribution in [2.75, 3.05) is 19.9 Å². The SMILES string of the molecule is O=C(O)[C@@H]1C[C@](CO)(OCO)CN1. The number of hydrogen-bond acceptors (Lipinski definition) is 5. The molecule has 1 fully saturated rings. The molecule has 0 aromatic heterocycles. The Kier molecular flexibility index (Phi) is 3.21. The molecule has 0 radical (unpaired) electrons. The molecule has 6 heteroatoms. The molecule has 0 amide bonds. The van der Waals surface area contributed by atoms with E-state index in [2.05, 4.69) is 5.32 Å². The average molecular weight is 191 g/mol. The van der Waals surface area contributed by atoms with Gasteiger partial charge in [0.1, 0.15) is 18.4 Å². The maximum atomic E-state index is 10.5. The van der Waals surface area contributed by atoms with E-state index in [9.17, 15) is 4.79 Å². The highest BCUT2D eigenvalue weighted by Gasteiger charge is 2.42. The standard InChI is InChI=1S/C7H13NO5/c9-3-7(13-4-10)1-5(6(11)12)8-2-7/h5,8-10H,1-4H2,(H,11,12)/t5-,7-/m0/s1. The molecular formula is C7H13NO5. The lowest BCUT2D eigenvalue weighted by Gasteiger charge is -2.24. The van der Waals surface area contributed by atoms with Crippen LogP contribution in [0.15, 0.2) is 0 Å². The van der Waals surface area contributed by atoms with Crippen molar-refractivity contribution in [1.29, 1.82) is 0 Å². The molecule has 2 atom stereocenters. The number of aliphatic carboxylic acids is 1. The van der Waals surface area contributed by atoms with Crippen LogP contribution < -0.4 is 5.32 Å². The molecule has 1 heterocycles. The van der Waals surface area contributed by atoms with Crippen LogP contribution in [0.4, 0.5) is 0 Å². The molecule has 0 unspecified atom stereocenters. The summed E-state index contributed by atoms with van der Waals surface area (Å²) in [7, 11) is 0. The maximum Gasteiger partial charge on any atom is 0.320 e. The fraction of sp³-hybridized carbons (Fsp3) is 0.857. The van der Waals surface area contributed by atoms with Crippen molar-refractivity contribution in [3.63, 3.8) is 0 Å². The fourth-order valence-corrected chi connectivity index (χ4v) is 1.41. The van der Waals surface area contributed by atoms with Crippen molar-refractivity contribution in [2.24, 2.45) is 0 Å². The minimum absolute atomic E-state index is 0.166. The molecule has 13 heavy (non-hydrogen) atoms. The van der Waals surface area contributed by atoms with E-state index < -0.39 is 24.4 Å². The summed E-state index contributed by atoms with van der Waals surface area (Å²) in [6.45, 7) is -0.583. The van der Waals surface area contributed by atoms with Crippen LogP contribution in [-0.4, -0.2) is 52.9 Å². The van der Waals surface area contributed by atoms with Crippen molar-refractivity contribution in [1.82, 2.24) is 5.32 Å². The van der Waals surface area contributed by atoms with Crippen molar-refractivity contribution >= 4 is 5.97 Å². The van der Waals surface area contributed by atoms with Gasteiger partial charge in [0, 0.05) is 13.0 Å². The van der Waals surface area contributed by atoms with Crippen LogP contribution in [0.2, 0.25) is 0 Å². The predicted molar refractivity (Wildman–Crippen MR) is 42.0 cm³/mol. The summed E-state index contributed by atoms with van der Waals surface area (Å²) in [5, 5.41) is 28.9. The highest BCUT2D eigenvalue weighted by molar-refractivity contribution is 5.74. The largest absolute Gasteiger partial charge is 0.480 e. The summed E-state index contributed by atoms with van der Waals surface area (Å²) in [6, 6.07) is -0.710. The van der Waals surface area contributed by atoms with Gasteiger partial charge in [-0.25, -0.2) is 0 Å². The van der Waals surface area contributed by atoms with Gasteiger partial charge in [0.25, 0.3) is 0 Å². The smallest absolute Gasteiger partial charge is 0.320 e. The predicted octanol–water partition coefficient (Wildman–Crippen LogP) is -1.87. The number of aliphatic hydroxyl groups excluding tert-OH is 2. The second-order valence-corrected chi connectivity index (χ2v) is 3.09. The Morgan fingerprint density at radius 2 is 2.31 bits per heavy atom. The zero-order chi connectivity index (χ0) is 9.90. The molecule has 0 aromatic carbocycles. The summed E-state index contributed by atoms with van der Waals surface area (Å²) in [4.78, 5) is 10.5. The Balaban J connectivity index is 2.57. The number of ether oxygens (including phenoxy) is 1. The van der Waals surface area contributed by atoms with E-state index in [1.807, 2.05) is 0 Å². The summed E-state index contributed by atoms with van der Waals surface area (Å²) in [6.07, 6.45) is 0.166. The second kappa shape index (κ2) is 4.01. The van der Waals surface area contributed by atoms with E-state index in [0.717, 1.165) is 0 Å². The molecule has 76 valence electrons. The molecule has 0 aliphatic carbocycles. The van der Waals surface area contributed by atoms with Crippen LogP contribution in [0, 0.1) is 0 Å². The van der Waals surface area contributed by atoms with Gasteiger partial charge in [-0.15, -0.1) is 0 Å². The average Bonchev–Trinajstić information content (AvgIpc) is 2.51. The summed E-state index contributed by atoms with van der Waals surface area (Å²) in [5.41, 5.74) is -0.947. The first-order chi connectivity index (χ1) is 6.13. The first-order valence-corrected chi connectivity index (χ1v) is 3.95. The lowest BCUT2D eigenvalue weighted by atomic mass is 10.0.